The molecule has 0 spiro atoms. The zero-order chi connectivity index (χ0) is 22.3. The van der Waals surface area contributed by atoms with Gasteiger partial charge in [0.2, 0.25) is 10.0 Å². The predicted molar refractivity (Wildman–Crippen MR) is 117 cm³/mol. The summed E-state index contributed by atoms with van der Waals surface area (Å²) in [5.41, 5.74) is 3.29. The van der Waals surface area contributed by atoms with E-state index in [4.69, 9.17) is 9.72 Å². The molecular formula is C23H23FN2O4S. The lowest BCUT2D eigenvalue weighted by molar-refractivity contribution is 0.279. The summed E-state index contributed by atoms with van der Waals surface area (Å²) in [6, 6.07) is 12.7. The van der Waals surface area contributed by atoms with E-state index >= 15 is 0 Å². The van der Waals surface area contributed by atoms with Crippen molar-refractivity contribution in [3.05, 3.63) is 71.2 Å². The second-order valence-electron chi connectivity index (χ2n) is 7.76. The van der Waals surface area contributed by atoms with Crippen molar-refractivity contribution in [3.8, 4) is 16.9 Å². The van der Waals surface area contributed by atoms with Crippen molar-refractivity contribution in [2.45, 2.75) is 33.0 Å². The molecule has 0 amide bonds. The summed E-state index contributed by atoms with van der Waals surface area (Å²) in [7, 11) is -3.78. The van der Waals surface area contributed by atoms with Gasteiger partial charge in [0.15, 0.2) is 5.82 Å². The number of ether oxygens (including phenoxy) is 1. The molecule has 0 aliphatic carbocycles. The van der Waals surface area contributed by atoms with Crippen molar-refractivity contribution >= 4 is 21.5 Å². The maximum atomic E-state index is 13.6. The van der Waals surface area contributed by atoms with E-state index in [0.717, 1.165) is 6.26 Å². The Balaban J connectivity index is 2.13. The number of aromatic nitrogens is 1. The van der Waals surface area contributed by atoms with Crippen LogP contribution in [0.5, 0.6) is 5.75 Å². The van der Waals surface area contributed by atoms with Crippen molar-refractivity contribution in [3.63, 3.8) is 0 Å². The van der Waals surface area contributed by atoms with Crippen LogP contribution >= 0.6 is 0 Å². The molecule has 0 radical (unpaired) electrons. The normalized spacial score (nSPS) is 13.4. The minimum Gasteiger partial charge on any atom is -0.487 e. The first-order valence-corrected chi connectivity index (χ1v) is 11.7. The standard InChI is InChI=1S/C23H23FN2O4S/c1-14(2)22-17(12-27)21(15-8-10-16(24)11-9-15)18-13-30-20-7-5-4-6-19(20)26(23(18)25-22)31(3,28)29/h4-11,14,27H,12-13H2,1-3H3. The van der Waals surface area contributed by atoms with E-state index in [0.29, 0.717) is 39.4 Å². The van der Waals surface area contributed by atoms with E-state index < -0.39 is 10.0 Å². The van der Waals surface area contributed by atoms with Gasteiger partial charge in [0.1, 0.15) is 23.9 Å². The summed E-state index contributed by atoms with van der Waals surface area (Å²) < 4.78 is 46.6. The number of hydrogen-bond acceptors (Lipinski definition) is 5. The molecule has 0 unspecified atom stereocenters. The van der Waals surface area contributed by atoms with Gasteiger partial charge in [-0.15, -0.1) is 0 Å². The summed E-state index contributed by atoms with van der Waals surface area (Å²) >= 11 is 0. The summed E-state index contributed by atoms with van der Waals surface area (Å²) in [4.78, 5) is 4.73. The molecule has 8 heteroatoms. The van der Waals surface area contributed by atoms with Gasteiger partial charge in [-0.05, 0) is 41.3 Å². The number of anilines is 2. The molecule has 6 nitrogen and oxygen atoms in total. The smallest absolute Gasteiger partial charge is 0.237 e. The van der Waals surface area contributed by atoms with Gasteiger partial charge >= 0.3 is 0 Å². The number of pyridine rings is 1. The highest BCUT2D eigenvalue weighted by Gasteiger charge is 2.33. The maximum absolute atomic E-state index is 13.6. The van der Waals surface area contributed by atoms with Gasteiger partial charge in [-0.25, -0.2) is 22.1 Å². The molecule has 1 N–H and O–H groups in total. The summed E-state index contributed by atoms with van der Waals surface area (Å²) in [6.45, 7) is 3.60. The third-order valence-electron chi connectivity index (χ3n) is 5.23. The van der Waals surface area contributed by atoms with Gasteiger partial charge in [-0.2, -0.15) is 0 Å². The van der Waals surface area contributed by atoms with Crippen LogP contribution in [0.4, 0.5) is 15.9 Å². The molecule has 31 heavy (non-hydrogen) atoms. The highest BCUT2D eigenvalue weighted by molar-refractivity contribution is 7.92. The summed E-state index contributed by atoms with van der Waals surface area (Å²) in [5, 5.41) is 10.2. The van der Waals surface area contributed by atoms with Crippen molar-refractivity contribution in [1.82, 2.24) is 4.98 Å². The average Bonchev–Trinajstić information content (AvgIpc) is 2.89. The number of fused-ring (bicyclic) bond motifs is 2. The van der Waals surface area contributed by atoms with E-state index in [2.05, 4.69) is 0 Å². The molecule has 1 aliphatic rings. The van der Waals surface area contributed by atoms with Crippen molar-refractivity contribution < 1.29 is 22.7 Å². The second-order valence-corrected chi connectivity index (χ2v) is 9.59. The van der Waals surface area contributed by atoms with Crippen LogP contribution in [0.2, 0.25) is 0 Å². The van der Waals surface area contributed by atoms with Gasteiger partial charge < -0.3 is 9.84 Å². The lowest BCUT2D eigenvalue weighted by Gasteiger charge is -2.26. The second kappa shape index (κ2) is 7.94. The third-order valence-corrected chi connectivity index (χ3v) is 6.26. The Morgan fingerprint density at radius 2 is 1.84 bits per heavy atom. The van der Waals surface area contributed by atoms with Crippen molar-refractivity contribution in [1.29, 1.82) is 0 Å². The number of halogens is 1. The molecule has 0 atom stereocenters. The maximum Gasteiger partial charge on any atom is 0.237 e. The Bertz CT molecular complexity index is 1240. The van der Waals surface area contributed by atoms with Gasteiger partial charge in [0, 0.05) is 11.1 Å². The fourth-order valence-corrected chi connectivity index (χ4v) is 4.90. The Kier molecular flexibility index (Phi) is 5.45. The lowest BCUT2D eigenvalue weighted by atomic mass is 9.91. The zero-order valence-corrected chi connectivity index (χ0v) is 18.3. The first-order chi connectivity index (χ1) is 14.7. The largest absolute Gasteiger partial charge is 0.487 e. The number of nitrogens with zero attached hydrogens (tertiary/aromatic N) is 2. The molecule has 0 saturated carbocycles. The van der Waals surface area contributed by atoms with Crippen LogP contribution in [0.1, 0.15) is 36.6 Å². The van der Waals surface area contributed by atoms with Gasteiger partial charge in [-0.1, -0.05) is 38.1 Å². The number of benzene rings is 2. The lowest BCUT2D eigenvalue weighted by Crippen LogP contribution is -2.27. The molecule has 2 heterocycles. The number of sulfonamides is 1. The van der Waals surface area contributed by atoms with Crippen LogP contribution in [-0.2, 0) is 23.2 Å². The molecule has 0 bridgehead atoms. The third kappa shape index (κ3) is 3.77. The first-order valence-electron chi connectivity index (χ1n) is 9.87. The molecular weight excluding hydrogens is 419 g/mol. The SMILES string of the molecule is CC(C)c1nc2c(c(-c3ccc(F)cc3)c1CO)COc1ccccc1N2S(C)(=O)=O. The van der Waals surface area contributed by atoms with E-state index in [1.165, 1.54) is 16.4 Å². The Hall–Kier alpha value is -2.97. The fourth-order valence-electron chi connectivity index (χ4n) is 3.93. The van der Waals surface area contributed by atoms with E-state index in [1.54, 1.807) is 36.4 Å². The number of hydrogen-bond donors (Lipinski definition) is 1. The van der Waals surface area contributed by atoms with Crippen LogP contribution < -0.4 is 9.04 Å². The highest BCUT2D eigenvalue weighted by atomic mass is 32.2. The molecule has 0 fully saturated rings. The number of para-hydroxylation sites is 2. The predicted octanol–water partition coefficient (Wildman–Crippen LogP) is 4.49. The topological polar surface area (TPSA) is 79.7 Å². The van der Waals surface area contributed by atoms with E-state index in [9.17, 15) is 17.9 Å². The molecule has 0 saturated heterocycles. The molecule has 1 aromatic heterocycles. The molecule has 3 aromatic rings. The van der Waals surface area contributed by atoms with Gasteiger partial charge in [0.25, 0.3) is 0 Å². The minimum absolute atomic E-state index is 0.0451. The number of aliphatic hydroxyl groups excluding tert-OH is 1. The monoisotopic (exact) mass is 442 g/mol. The van der Waals surface area contributed by atoms with Crippen molar-refractivity contribution in [2.75, 3.05) is 10.6 Å². The highest BCUT2D eigenvalue weighted by Crippen LogP contribution is 2.45. The average molecular weight is 443 g/mol. The van der Waals surface area contributed by atoms with Crippen LogP contribution in [0, 0.1) is 5.82 Å². The molecule has 2 aromatic carbocycles. The summed E-state index contributed by atoms with van der Waals surface area (Å²) in [6.07, 6.45) is 1.12. The first kappa shape index (κ1) is 21.3. The number of aliphatic hydroxyl groups is 1. The van der Waals surface area contributed by atoms with Crippen LogP contribution in [-0.4, -0.2) is 24.8 Å². The van der Waals surface area contributed by atoms with E-state index in [1.807, 2.05) is 13.8 Å². The Labute approximate surface area is 181 Å². The van der Waals surface area contributed by atoms with Gasteiger partial charge in [0.05, 0.1) is 18.6 Å². The Morgan fingerprint density at radius 3 is 2.45 bits per heavy atom. The number of rotatable bonds is 4. The summed E-state index contributed by atoms with van der Waals surface area (Å²) in [5.74, 6) is 0.160. The molecule has 4 rings (SSSR count). The quantitative estimate of drug-likeness (QED) is 0.644. The van der Waals surface area contributed by atoms with Crippen LogP contribution in [0.25, 0.3) is 11.1 Å². The molecule has 162 valence electrons. The van der Waals surface area contributed by atoms with Crippen molar-refractivity contribution in [2.24, 2.45) is 0 Å². The molecule has 1 aliphatic heterocycles. The van der Waals surface area contributed by atoms with Crippen LogP contribution in [0.15, 0.2) is 48.5 Å². The van der Waals surface area contributed by atoms with Gasteiger partial charge in [-0.3, -0.25) is 0 Å². The van der Waals surface area contributed by atoms with E-state index in [-0.39, 0.29) is 30.8 Å². The van der Waals surface area contributed by atoms with Crippen LogP contribution in [0.3, 0.4) is 0 Å². The Morgan fingerprint density at radius 1 is 1.16 bits per heavy atom. The zero-order valence-electron chi connectivity index (χ0n) is 17.5. The fraction of sp³-hybridized carbons (Fsp3) is 0.261. The minimum atomic E-state index is -3.78.